The van der Waals surface area contributed by atoms with Gasteiger partial charge in [-0.1, -0.05) is 49.5 Å². The summed E-state index contributed by atoms with van der Waals surface area (Å²) in [4.78, 5) is 0. The molecule has 1 nitrogen and oxygen atoms in total. The van der Waals surface area contributed by atoms with Crippen LogP contribution in [-0.4, -0.2) is 17.5 Å². The minimum Gasteiger partial charge on any atom is -0.374 e. The Morgan fingerprint density at radius 3 is 2.17 bits per heavy atom. The molecule has 0 radical (unpaired) electrons. The molecule has 0 aromatic heterocycles. The van der Waals surface area contributed by atoms with Gasteiger partial charge in [-0.25, -0.2) is 0 Å². The van der Waals surface area contributed by atoms with Gasteiger partial charge in [0.1, 0.15) is 0 Å². The summed E-state index contributed by atoms with van der Waals surface area (Å²) in [5, 5.41) is 1.02. The van der Waals surface area contributed by atoms with Crippen molar-refractivity contribution in [1.29, 1.82) is 0 Å². The molecule has 2 saturated carbocycles. The van der Waals surface area contributed by atoms with E-state index in [0.717, 1.165) is 23.8 Å². The van der Waals surface area contributed by atoms with Crippen LogP contribution in [0.1, 0.15) is 65.7 Å². The van der Waals surface area contributed by atoms with Crippen LogP contribution in [0.5, 0.6) is 0 Å². The summed E-state index contributed by atoms with van der Waals surface area (Å²) in [5.74, 6) is 1.86. The molecule has 2 fully saturated rings. The standard InChI is InChI=1S/C16H29BrO/c1-15(2,3)14-6-9-16(12-17,10-7-14)18-11-8-13-4-5-13/h13-14H,4-12H2,1-3H3. The molecule has 2 heteroatoms. The molecular formula is C16H29BrO. The number of ether oxygens (including phenoxy) is 1. The Bertz CT molecular complexity index is 257. The maximum absolute atomic E-state index is 6.28. The van der Waals surface area contributed by atoms with E-state index in [9.17, 15) is 0 Å². The van der Waals surface area contributed by atoms with Crippen molar-refractivity contribution in [3.63, 3.8) is 0 Å². The third-order valence-corrected chi connectivity index (χ3v) is 6.02. The van der Waals surface area contributed by atoms with Gasteiger partial charge >= 0.3 is 0 Å². The average molecular weight is 317 g/mol. The fourth-order valence-electron chi connectivity index (χ4n) is 3.18. The van der Waals surface area contributed by atoms with Gasteiger partial charge in [-0.15, -0.1) is 0 Å². The highest BCUT2D eigenvalue weighted by Gasteiger charge is 2.39. The lowest BCUT2D eigenvalue weighted by Crippen LogP contribution is -2.41. The highest BCUT2D eigenvalue weighted by atomic mass is 79.9. The molecule has 0 aromatic rings. The zero-order valence-corrected chi connectivity index (χ0v) is 13.9. The number of hydrogen-bond acceptors (Lipinski definition) is 1. The van der Waals surface area contributed by atoms with Gasteiger partial charge < -0.3 is 4.74 Å². The third-order valence-electron chi connectivity index (χ3n) is 5.00. The van der Waals surface area contributed by atoms with Crippen LogP contribution in [0.15, 0.2) is 0 Å². The van der Waals surface area contributed by atoms with Crippen molar-refractivity contribution >= 4 is 15.9 Å². The minimum atomic E-state index is 0.149. The highest BCUT2D eigenvalue weighted by Crippen LogP contribution is 2.44. The van der Waals surface area contributed by atoms with Gasteiger partial charge in [0, 0.05) is 11.9 Å². The van der Waals surface area contributed by atoms with Gasteiger partial charge in [0.2, 0.25) is 0 Å². The molecule has 0 saturated heterocycles. The van der Waals surface area contributed by atoms with Gasteiger partial charge in [0.05, 0.1) is 5.60 Å². The highest BCUT2D eigenvalue weighted by molar-refractivity contribution is 9.09. The van der Waals surface area contributed by atoms with E-state index in [4.69, 9.17) is 4.74 Å². The van der Waals surface area contributed by atoms with Gasteiger partial charge in [-0.05, 0) is 49.4 Å². The van der Waals surface area contributed by atoms with Crippen LogP contribution in [-0.2, 0) is 4.74 Å². The summed E-state index contributed by atoms with van der Waals surface area (Å²) in [6.45, 7) is 8.13. The van der Waals surface area contributed by atoms with Crippen molar-refractivity contribution in [3.8, 4) is 0 Å². The Kier molecular flexibility index (Phi) is 4.80. The maximum Gasteiger partial charge on any atom is 0.0779 e. The lowest BCUT2D eigenvalue weighted by Gasteiger charge is -2.43. The Morgan fingerprint density at radius 2 is 1.72 bits per heavy atom. The molecule has 0 aromatic carbocycles. The van der Waals surface area contributed by atoms with E-state index in [2.05, 4.69) is 36.7 Å². The van der Waals surface area contributed by atoms with Crippen molar-refractivity contribution in [2.75, 3.05) is 11.9 Å². The molecule has 0 amide bonds. The molecule has 18 heavy (non-hydrogen) atoms. The summed E-state index contributed by atoms with van der Waals surface area (Å²) in [6.07, 6.45) is 9.32. The summed E-state index contributed by atoms with van der Waals surface area (Å²) in [5.41, 5.74) is 0.614. The number of hydrogen-bond donors (Lipinski definition) is 0. The van der Waals surface area contributed by atoms with E-state index in [1.54, 1.807) is 0 Å². The van der Waals surface area contributed by atoms with Crippen molar-refractivity contribution in [1.82, 2.24) is 0 Å². The Morgan fingerprint density at radius 1 is 1.11 bits per heavy atom. The van der Waals surface area contributed by atoms with E-state index in [-0.39, 0.29) is 5.60 Å². The molecular weight excluding hydrogens is 288 g/mol. The Balaban J connectivity index is 1.78. The first-order valence-electron chi connectivity index (χ1n) is 7.65. The smallest absolute Gasteiger partial charge is 0.0779 e. The zero-order valence-electron chi connectivity index (χ0n) is 12.3. The quantitative estimate of drug-likeness (QED) is 0.635. The molecule has 2 aliphatic carbocycles. The van der Waals surface area contributed by atoms with Crippen LogP contribution >= 0.6 is 15.9 Å². The second kappa shape index (κ2) is 5.83. The van der Waals surface area contributed by atoms with Gasteiger partial charge in [-0.3, -0.25) is 0 Å². The molecule has 0 atom stereocenters. The molecule has 0 N–H and O–H groups in total. The number of rotatable bonds is 5. The Hall–Kier alpha value is 0.440. The summed E-state index contributed by atoms with van der Waals surface area (Å²) >= 11 is 3.70. The zero-order chi connectivity index (χ0) is 13.2. The van der Waals surface area contributed by atoms with Crippen LogP contribution in [0, 0.1) is 17.3 Å². The van der Waals surface area contributed by atoms with Crippen LogP contribution in [0.25, 0.3) is 0 Å². The molecule has 106 valence electrons. The summed E-state index contributed by atoms with van der Waals surface area (Å²) < 4.78 is 6.28. The van der Waals surface area contributed by atoms with Crippen LogP contribution in [0.3, 0.4) is 0 Å². The molecule has 2 rings (SSSR count). The molecule has 0 heterocycles. The van der Waals surface area contributed by atoms with Crippen LogP contribution in [0.2, 0.25) is 0 Å². The number of alkyl halides is 1. The first-order valence-corrected chi connectivity index (χ1v) is 8.77. The Labute approximate surface area is 121 Å². The van der Waals surface area contributed by atoms with Gasteiger partial charge in [0.15, 0.2) is 0 Å². The molecule has 0 aliphatic heterocycles. The SMILES string of the molecule is CC(C)(C)C1CCC(CBr)(OCCC2CC2)CC1. The van der Waals surface area contributed by atoms with E-state index in [0.29, 0.717) is 5.41 Å². The third kappa shape index (κ3) is 3.96. The van der Waals surface area contributed by atoms with Crippen molar-refractivity contribution in [2.45, 2.75) is 71.3 Å². The largest absolute Gasteiger partial charge is 0.374 e. The molecule has 0 unspecified atom stereocenters. The van der Waals surface area contributed by atoms with Gasteiger partial charge in [0.25, 0.3) is 0 Å². The molecule has 2 aliphatic rings. The fraction of sp³-hybridized carbons (Fsp3) is 1.00. The lowest BCUT2D eigenvalue weighted by atomic mass is 9.69. The topological polar surface area (TPSA) is 9.23 Å². The maximum atomic E-state index is 6.28. The van der Waals surface area contributed by atoms with Crippen LogP contribution < -0.4 is 0 Å². The van der Waals surface area contributed by atoms with Crippen molar-refractivity contribution < 1.29 is 4.74 Å². The summed E-state index contributed by atoms with van der Waals surface area (Å²) in [7, 11) is 0. The monoisotopic (exact) mass is 316 g/mol. The number of halogens is 1. The van der Waals surface area contributed by atoms with E-state index < -0.39 is 0 Å². The normalized spacial score (nSPS) is 33.7. The predicted molar refractivity (Wildman–Crippen MR) is 81.2 cm³/mol. The first-order chi connectivity index (χ1) is 8.45. The second-order valence-corrected chi connectivity index (χ2v) is 8.10. The first kappa shape index (κ1) is 14.8. The van der Waals surface area contributed by atoms with Crippen molar-refractivity contribution in [3.05, 3.63) is 0 Å². The van der Waals surface area contributed by atoms with E-state index in [1.165, 1.54) is 44.9 Å². The lowest BCUT2D eigenvalue weighted by molar-refractivity contribution is -0.0707. The molecule has 0 spiro atoms. The van der Waals surface area contributed by atoms with E-state index in [1.807, 2.05) is 0 Å². The minimum absolute atomic E-state index is 0.149. The average Bonchev–Trinajstić information content (AvgIpc) is 3.12. The van der Waals surface area contributed by atoms with Crippen molar-refractivity contribution in [2.24, 2.45) is 17.3 Å². The van der Waals surface area contributed by atoms with E-state index >= 15 is 0 Å². The molecule has 0 bridgehead atoms. The fourth-order valence-corrected chi connectivity index (χ4v) is 3.90. The van der Waals surface area contributed by atoms with Crippen LogP contribution in [0.4, 0.5) is 0 Å². The van der Waals surface area contributed by atoms with Gasteiger partial charge in [-0.2, -0.15) is 0 Å². The summed E-state index contributed by atoms with van der Waals surface area (Å²) in [6, 6.07) is 0. The second-order valence-electron chi connectivity index (χ2n) is 7.54. The predicted octanol–water partition coefficient (Wildman–Crippen LogP) is 5.17.